The molecule has 0 fully saturated rings. The number of hydrogen-bond donors (Lipinski definition) is 2. The lowest BCUT2D eigenvalue weighted by molar-refractivity contribution is -0.111. The quantitative estimate of drug-likeness (QED) is 0.553. The molecule has 6 nitrogen and oxygen atoms in total. The normalized spacial score (nSPS) is 10.7. The fourth-order valence-electron chi connectivity index (χ4n) is 2.52. The molecule has 3 aromatic rings. The summed E-state index contributed by atoms with van der Waals surface area (Å²) in [7, 11) is 1.47. The third-order valence-electron chi connectivity index (χ3n) is 3.99. The Bertz CT molecular complexity index is 1020. The van der Waals surface area contributed by atoms with Crippen molar-refractivity contribution in [1.29, 1.82) is 0 Å². The highest BCUT2D eigenvalue weighted by atomic mass is 35.5. The number of benzene rings is 2. The van der Waals surface area contributed by atoms with Crippen molar-refractivity contribution in [1.82, 2.24) is 4.98 Å². The number of pyridine rings is 1. The average molecular weight is 411 g/mol. The lowest BCUT2D eigenvalue weighted by atomic mass is 10.2. The lowest BCUT2D eigenvalue weighted by Gasteiger charge is -2.11. The number of halogens is 1. The van der Waals surface area contributed by atoms with Crippen LogP contribution in [0.1, 0.15) is 11.1 Å². The number of aromatic hydroxyl groups is 1. The second kappa shape index (κ2) is 9.61. The summed E-state index contributed by atoms with van der Waals surface area (Å²) in [4.78, 5) is 16.2. The van der Waals surface area contributed by atoms with Crippen LogP contribution in [0.4, 0.5) is 5.69 Å². The molecule has 0 unspecified atom stereocenters. The summed E-state index contributed by atoms with van der Waals surface area (Å²) in [6, 6.07) is 13.7. The molecule has 0 spiro atoms. The van der Waals surface area contributed by atoms with Gasteiger partial charge in [-0.25, -0.2) is 0 Å². The first-order chi connectivity index (χ1) is 14.1. The van der Waals surface area contributed by atoms with E-state index in [1.807, 2.05) is 12.1 Å². The SMILES string of the molecule is COc1ccc(/C=C/C(=O)Nc2cccc(OCc3ccncc3)c2Cl)cc1O. The van der Waals surface area contributed by atoms with E-state index >= 15 is 0 Å². The number of phenols is 1. The summed E-state index contributed by atoms with van der Waals surface area (Å²) in [6.07, 6.45) is 6.30. The highest BCUT2D eigenvalue weighted by molar-refractivity contribution is 6.35. The number of carbonyl (C=O) groups is 1. The Labute approximate surface area is 173 Å². The minimum absolute atomic E-state index is 0.00264. The average Bonchev–Trinajstić information content (AvgIpc) is 2.74. The summed E-state index contributed by atoms with van der Waals surface area (Å²) in [5.41, 5.74) is 2.04. The van der Waals surface area contributed by atoms with Crippen molar-refractivity contribution < 1.29 is 19.4 Å². The van der Waals surface area contributed by atoms with Crippen LogP contribution < -0.4 is 14.8 Å². The second-order valence-electron chi connectivity index (χ2n) is 6.02. The van der Waals surface area contributed by atoms with Crippen LogP contribution >= 0.6 is 11.6 Å². The van der Waals surface area contributed by atoms with E-state index in [2.05, 4.69) is 10.3 Å². The zero-order chi connectivity index (χ0) is 20.6. The molecule has 0 bridgehead atoms. The van der Waals surface area contributed by atoms with Gasteiger partial charge in [-0.1, -0.05) is 23.7 Å². The number of amides is 1. The predicted molar refractivity (Wildman–Crippen MR) is 112 cm³/mol. The van der Waals surface area contributed by atoms with Gasteiger partial charge in [-0.05, 0) is 53.6 Å². The van der Waals surface area contributed by atoms with Gasteiger partial charge in [-0.3, -0.25) is 9.78 Å². The number of hydrogen-bond acceptors (Lipinski definition) is 5. The smallest absolute Gasteiger partial charge is 0.248 e. The number of carbonyl (C=O) groups excluding carboxylic acids is 1. The first-order valence-electron chi connectivity index (χ1n) is 8.73. The molecule has 29 heavy (non-hydrogen) atoms. The molecule has 148 valence electrons. The van der Waals surface area contributed by atoms with Crippen molar-refractivity contribution >= 4 is 29.3 Å². The van der Waals surface area contributed by atoms with Crippen molar-refractivity contribution in [3.63, 3.8) is 0 Å². The van der Waals surface area contributed by atoms with Crippen molar-refractivity contribution in [2.24, 2.45) is 0 Å². The largest absolute Gasteiger partial charge is 0.504 e. The maximum absolute atomic E-state index is 12.2. The van der Waals surface area contributed by atoms with Crippen molar-refractivity contribution in [2.75, 3.05) is 12.4 Å². The first-order valence-corrected chi connectivity index (χ1v) is 9.11. The van der Waals surface area contributed by atoms with Crippen LogP contribution in [0.5, 0.6) is 17.2 Å². The van der Waals surface area contributed by atoms with Gasteiger partial charge >= 0.3 is 0 Å². The number of phenolic OH excluding ortho intramolecular Hbond substituents is 1. The van der Waals surface area contributed by atoms with E-state index in [0.29, 0.717) is 34.4 Å². The first kappa shape index (κ1) is 20.2. The number of methoxy groups -OCH3 is 1. The van der Waals surface area contributed by atoms with Gasteiger partial charge in [0, 0.05) is 18.5 Å². The van der Waals surface area contributed by atoms with Gasteiger partial charge in [0.1, 0.15) is 17.4 Å². The number of nitrogens with one attached hydrogen (secondary N) is 1. The molecule has 7 heteroatoms. The second-order valence-corrected chi connectivity index (χ2v) is 6.39. The van der Waals surface area contributed by atoms with E-state index in [1.165, 1.54) is 19.3 Å². The van der Waals surface area contributed by atoms with Gasteiger partial charge in [0.15, 0.2) is 11.5 Å². The summed E-state index contributed by atoms with van der Waals surface area (Å²) in [5, 5.41) is 12.8. The Morgan fingerprint density at radius 2 is 1.97 bits per heavy atom. The van der Waals surface area contributed by atoms with Crippen LogP contribution in [0.3, 0.4) is 0 Å². The molecule has 2 N–H and O–H groups in total. The number of ether oxygens (including phenoxy) is 2. The van der Waals surface area contributed by atoms with Gasteiger partial charge in [0.2, 0.25) is 5.91 Å². The van der Waals surface area contributed by atoms with Gasteiger partial charge in [-0.2, -0.15) is 0 Å². The van der Waals surface area contributed by atoms with E-state index in [-0.39, 0.29) is 11.7 Å². The molecule has 1 heterocycles. The van der Waals surface area contributed by atoms with Crippen LogP contribution in [0.25, 0.3) is 6.08 Å². The van der Waals surface area contributed by atoms with Crippen LogP contribution in [0.15, 0.2) is 67.0 Å². The molecule has 0 radical (unpaired) electrons. The Morgan fingerprint density at radius 1 is 1.17 bits per heavy atom. The van der Waals surface area contributed by atoms with E-state index in [0.717, 1.165) is 5.56 Å². The van der Waals surface area contributed by atoms with E-state index in [4.69, 9.17) is 21.1 Å². The van der Waals surface area contributed by atoms with Gasteiger partial charge in [0.05, 0.1) is 12.8 Å². The van der Waals surface area contributed by atoms with Crippen LogP contribution in [0, 0.1) is 0 Å². The molecule has 3 rings (SSSR count). The number of nitrogens with zero attached hydrogens (tertiary/aromatic N) is 1. The predicted octanol–water partition coefficient (Wildman–Crippen LogP) is 4.68. The molecule has 1 aromatic heterocycles. The maximum atomic E-state index is 12.2. The molecular weight excluding hydrogens is 392 g/mol. The molecule has 0 aliphatic carbocycles. The Balaban J connectivity index is 1.65. The topological polar surface area (TPSA) is 80.7 Å². The molecule has 1 amide bonds. The minimum Gasteiger partial charge on any atom is -0.504 e. The maximum Gasteiger partial charge on any atom is 0.248 e. The van der Waals surface area contributed by atoms with Crippen LogP contribution in [-0.2, 0) is 11.4 Å². The van der Waals surface area contributed by atoms with Gasteiger partial charge in [-0.15, -0.1) is 0 Å². The summed E-state index contributed by atoms with van der Waals surface area (Å²) in [5.74, 6) is 0.456. The summed E-state index contributed by atoms with van der Waals surface area (Å²) >= 11 is 6.37. The highest BCUT2D eigenvalue weighted by Crippen LogP contribution is 2.32. The summed E-state index contributed by atoms with van der Waals surface area (Å²) < 4.78 is 10.7. The zero-order valence-electron chi connectivity index (χ0n) is 15.6. The zero-order valence-corrected chi connectivity index (χ0v) is 16.4. The Hall–Kier alpha value is -3.51. The molecule has 0 saturated heterocycles. The molecule has 0 aliphatic rings. The Kier molecular flexibility index (Phi) is 6.71. The molecule has 0 saturated carbocycles. The fraction of sp³-hybridized carbons (Fsp3) is 0.0909. The van der Waals surface area contributed by atoms with Crippen molar-refractivity contribution in [2.45, 2.75) is 6.61 Å². The van der Waals surface area contributed by atoms with Gasteiger partial charge in [0.25, 0.3) is 0 Å². The summed E-state index contributed by atoms with van der Waals surface area (Å²) in [6.45, 7) is 0.334. The van der Waals surface area contributed by atoms with Crippen LogP contribution in [0.2, 0.25) is 5.02 Å². The van der Waals surface area contributed by atoms with E-state index in [9.17, 15) is 9.90 Å². The molecular formula is C22H19ClN2O4. The van der Waals surface area contributed by atoms with Crippen molar-refractivity contribution in [3.8, 4) is 17.2 Å². The highest BCUT2D eigenvalue weighted by Gasteiger charge is 2.09. The van der Waals surface area contributed by atoms with Crippen LogP contribution in [-0.4, -0.2) is 23.1 Å². The molecule has 0 aliphatic heterocycles. The number of aromatic nitrogens is 1. The molecule has 0 atom stereocenters. The van der Waals surface area contributed by atoms with Gasteiger partial charge < -0.3 is 19.9 Å². The van der Waals surface area contributed by atoms with E-state index in [1.54, 1.807) is 48.8 Å². The number of anilines is 1. The minimum atomic E-state index is -0.367. The third-order valence-corrected chi connectivity index (χ3v) is 4.38. The Morgan fingerprint density at radius 3 is 2.69 bits per heavy atom. The fourth-order valence-corrected chi connectivity index (χ4v) is 2.74. The van der Waals surface area contributed by atoms with Crippen molar-refractivity contribution in [3.05, 3.63) is 83.2 Å². The standard InChI is InChI=1S/C22H19ClN2O4/c1-28-19-7-5-15(13-18(19)26)6-8-21(27)25-17-3-2-4-20(22(17)23)29-14-16-9-11-24-12-10-16/h2-13,26H,14H2,1H3,(H,25,27)/b8-6+. The third kappa shape index (κ3) is 5.49. The monoisotopic (exact) mass is 410 g/mol. The lowest BCUT2D eigenvalue weighted by Crippen LogP contribution is -2.08. The number of rotatable bonds is 7. The molecule has 2 aromatic carbocycles. The van der Waals surface area contributed by atoms with E-state index < -0.39 is 0 Å².